The molecule has 3 nitrogen and oxygen atoms in total. The van der Waals surface area contributed by atoms with Crippen molar-refractivity contribution in [2.75, 3.05) is 6.54 Å². The predicted molar refractivity (Wildman–Crippen MR) is 88.6 cm³/mol. The zero-order valence-corrected chi connectivity index (χ0v) is 12.9. The number of nitrogens with one attached hydrogen (secondary N) is 1. The van der Waals surface area contributed by atoms with E-state index in [1.165, 1.54) is 5.56 Å². The molecule has 0 aromatic heterocycles. The second-order valence-corrected chi connectivity index (χ2v) is 5.99. The normalized spacial score (nSPS) is 20.9. The summed E-state index contributed by atoms with van der Waals surface area (Å²) in [4.78, 5) is 14.4. The summed E-state index contributed by atoms with van der Waals surface area (Å²) in [5.41, 5.74) is 2.45. The molecule has 1 fully saturated rings. The van der Waals surface area contributed by atoms with Crippen molar-refractivity contribution in [1.82, 2.24) is 10.2 Å². The van der Waals surface area contributed by atoms with E-state index in [1.807, 2.05) is 41.3 Å². The van der Waals surface area contributed by atoms with E-state index in [2.05, 4.69) is 36.5 Å². The van der Waals surface area contributed by atoms with Crippen LogP contribution in [0.3, 0.4) is 0 Å². The highest BCUT2D eigenvalue weighted by atomic mass is 16.2. The fourth-order valence-corrected chi connectivity index (χ4v) is 3.16. The quantitative estimate of drug-likeness (QED) is 0.918. The van der Waals surface area contributed by atoms with Gasteiger partial charge < -0.3 is 10.2 Å². The molecule has 2 unspecified atom stereocenters. The fraction of sp³-hybridized carbons (Fsp3) is 0.316. The van der Waals surface area contributed by atoms with Gasteiger partial charge in [-0.25, -0.2) is 4.79 Å². The van der Waals surface area contributed by atoms with Crippen molar-refractivity contribution in [3.8, 4) is 0 Å². The lowest BCUT2D eigenvalue weighted by Crippen LogP contribution is -2.41. The lowest BCUT2D eigenvalue weighted by molar-refractivity contribution is 0.195. The average molecular weight is 294 g/mol. The molecular weight excluding hydrogens is 272 g/mol. The summed E-state index contributed by atoms with van der Waals surface area (Å²) in [7, 11) is 0. The van der Waals surface area contributed by atoms with E-state index in [4.69, 9.17) is 0 Å². The van der Waals surface area contributed by atoms with Gasteiger partial charge in [-0.2, -0.15) is 0 Å². The van der Waals surface area contributed by atoms with Gasteiger partial charge in [-0.15, -0.1) is 0 Å². The van der Waals surface area contributed by atoms with E-state index in [0.29, 0.717) is 12.5 Å². The number of carbonyl (C=O) groups excluding carboxylic acids is 1. The Balaban J connectivity index is 1.59. The molecule has 0 bridgehead atoms. The van der Waals surface area contributed by atoms with E-state index in [1.54, 1.807) is 0 Å². The van der Waals surface area contributed by atoms with Gasteiger partial charge in [0, 0.05) is 25.0 Å². The van der Waals surface area contributed by atoms with Crippen molar-refractivity contribution < 1.29 is 4.79 Å². The summed E-state index contributed by atoms with van der Waals surface area (Å²) in [6, 6.07) is 20.8. The molecule has 3 rings (SSSR count). The summed E-state index contributed by atoms with van der Waals surface area (Å²) in [5, 5.41) is 3.03. The highest BCUT2D eigenvalue weighted by molar-refractivity contribution is 5.75. The number of hydrogen-bond acceptors (Lipinski definition) is 1. The Hall–Kier alpha value is -2.29. The van der Waals surface area contributed by atoms with Crippen LogP contribution in [0.4, 0.5) is 4.79 Å². The van der Waals surface area contributed by atoms with E-state index in [-0.39, 0.29) is 12.1 Å². The van der Waals surface area contributed by atoms with Crippen molar-refractivity contribution >= 4 is 6.03 Å². The van der Waals surface area contributed by atoms with Crippen LogP contribution in [-0.4, -0.2) is 23.5 Å². The lowest BCUT2D eigenvalue weighted by Gasteiger charge is -2.22. The van der Waals surface area contributed by atoms with Crippen LogP contribution in [-0.2, 0) is 6.54 Å². The molecule has 0 spiro atoms. The first-order valence-corrected chi connectivity index (χ1v) is 7.87. The average Bonchev–Trinajstić information content (AvgIpc) is 2.96. The molecule has 0 saturated carbocycles. The predicted octanol–water partition coefficient (Wildman–Crippen LogP) is 3.77. The maximum absolute atomic E-state index is 12.4. The molecule has 2 atom stereocenters. The Bertz CT molecular complexity index is 612. The van der Waals surface area contributed by atoms with Crippen LogP contribution < -0.4 is 5.32 Å². The van der Waals surface area contributed by atoms with E-state index in [0.717, 1.165) is 18.5 Å². The number of rotatable bonds is 3. The number of urea groups is 1. The van der Waals surface area contributed by atoms with Crippen molar-refractivity contribution in [3.05, 3.63) is 71.8 Å². The van der Waals surface area contributed by atoms with Crippen LogP contribution in [0.25, 0.3) is 0 Å². The van der Waals surface area contributed by atoms with Gasteiger partial charge in [0.1, 0.15) is 0 Å². The minimum Gasteiger partial charge on any atom is -0.334 e. The maximum Gasteiger partial charge on any atom is 0.317 e. The van der Waals surface area contributed by atoms with Gasteiger partial charge in [-0.05, 0) is 24.5 Å². The van der Waals surface area contributed by atoms with Gasteiger partial charge in [0.25, 0.3) is 0 Å². The summed E-state index contributed by atoms with van der Waals surface area (Å²) < 4.78 is 0. The fourth-order valence-electron chi connectivity index (χ4n) is 3.16. The Labute approximate surface area is 132 Å². The van der Waals surface area contributed by atoms with Gasteiger partial charge in [0.05, 0.1) is 0 Å². The van der Waals surface area contributed by atoms with Crippen LogP contribution in [0.1, 0.15) is 30.4 Å². The summed E-state index contributed by atoms with van der Waals surface area (Å²) >= 11 is 0. The molecule has 1 aliphatic heterocycles. The largest absolute Gasteiger partial charge is 0.334 e. The molecule has 2 aromatic rings. The van der Waals surface area contributed by atoms with Gasteiger partial charge in [-0.1, -0.05) is 60.7 Å². The number of nitrogens with zero attached hydrogens (tertiary/aromatic N) is 1. The topological polar surface area (TPSA) is 32.3 Å². The molecule has 114 valence electrons. The zero-order valence-electron chi connectivity index (χ0n) is 12.9. The first kappa shape index (κ1) is 14.6. The van der Waals surface area contributed by atoms with Crippen molar-refractivity contribution in [2.45, 2.75) is 31.8 Å². The molecule has 1 heterocycles. The third kappa shape index (κ3) is 3.30. The summed E-state index contributed by atoms with van der Waals surface area (Å²) in [6.07, 6.45) is 1.03. The number of carbonyl (C=O) groups is 1. The summed E-state index contributed by atoms with van der Waals surface area (Å²) in [6.45, 7) is 3.51. The first-order valence-electron chi connectivity index (χ1n) is 7.87. The lowest BCUT2D eigenvalue weighted by atomic mass is 9.97. The van der Waals surface area contributed by atoms with Crippen LogP contribution in [0.15, 0.2) is 60.7 Å². The molecule has 2 amide bonds. The van der Waals surface area contributed by atoms with Gasteiger partial charge in [0.15, 0.2) is 0 Å². The number of likely N-dealkylation sites (tertiary alicyclic amines) is 1. The molecule has 3 heteroatoms. The van der Waals surface area contributed by atoms with Crippen LogP contribution in [0.2, 0.25) is 0 Å². The Morgan fingerprint density at radius 2 is 1.73 bits per heavy atom. The Morgan fingerprint density at radius 3 is 2.41 bits per heavy atom. The highest BCUT2D eigenvalue weighted by Crippen LogP contribution is 2.31. The second kappa shape index (κ2) is 6.65. The van der Waals surface area contributed by atoms with Crippen LogP contribution >= 0.6 is 0 Å². The minimum atomic E-state index is 0.0368. The van der Waals surface area contributed by atoms with Gasteiger partial charge in [0.2, 0.25) is 0 Å². The number of amides is 2. The smallest absolute Gasteiger partial charge is 0.317 e. The molecule has 22 heavy (non-hydrogen) atoms. The van der Waals surface area contributed by atoms with Gasteiger partial charge in [-0.3, -0.25) is 0 Å². The molecule has 0 aliphatic carbocycles. The third-order valence-corrected chi connectivity index (χ3v) is 4.39. The standard InChI is InChI=1S/C19H22N2O/c1-15-12-18(17-10-6-3-7-11-17)14-21(15)19(22)20-13-16-8-4-2-5-9-16/h2-11,15,18H,12-14H2,1H3,(H,20,22). The molecular formula is C19H22N2O. The van der Waals surface area contributed by atoms with E-state index < -0.39 is 0 Å². The Kier molecular flexibility index (Phi) is 4.42. The van der Waals surface area contributed by atoms with Crippen molar-refractivity contribution in [2.24, 2.45) is 0 Å². The molecule has 1 aliphatic rings. The van der Waals surface area contributed by atoms with E-state index >= 15 is 0 Å². The second-order valence-electron chi connectivity index (χ2n) is 5.99. The number of benzene rings is 2. The van der Waals surface area contributed by atoms with Crippen LogP contribution in [0, 0.1) is 0 Å². The molecule has 0 radical (unpaired) electrons. The SMILES string of the molecule is CC1CC(c2ccccc2)CN1C(=O)NCc1ccccc1. The minimum absolute atomic E-state index is 0.0368. The Morgan fingerprint density at radius 1 is 1.09 bits per heavy atom. The monoisotopic (exact) mass is 294 g/mol. The zero-order chi connectivity index (χ0) is 15.4. The van der Waals surface area contributed by atoms with Crippen LogP contribution in [0.5, 0.6) is 0 Å². The van der Waals surface area contributed by atoms with Crippen molar-refractivity contribution in [3.63, 3.8) is 0 Å². The number of hydrogen-bond donors (Lipinski definition) is 1. The molecule has 2 aromatic carbocycles. The third-order valence-electron chi connectivity index (χ3n) is 4.39. The first-order chi connectivity index (χ1) is 10.7. The maximum atomic E-state index is 12.4. The van der Waals surface area contributed by atoms with Crippen molar-refractivity contribution in [1.29, 1.82) is 0 Å². The molecule has 1 N–H and O–H groups in total. The highest BCUT2D eigenvalue weighted by Gasteiger charge is 2.32. The molecule has 1 saturated heterocycles. The summed E-state index contributed by atoms with van der Waals surface area (Å²) in [5.74, 6) is 0.443. The van der Waals surface area contributed by atoms with E-state index in [9.17, 15) is 4.79 Å². The van der Waals surface area contributed by atoms with Gasteiger partial charge >= 0.3 is 6.03 Å².